The maximum absolute atomic E-state index is 11.0. The number of hydrogen-bond acceptors (Lipinski definition) is 3. The van der Waals surface area contributed by atoms with Crippen LogP contribution in [0, 0.1) is 0 Å². The van der Waals surface area contributed by atoms with Gasteiger partial charge in [0.1, 0.15) is 17.6 Å². The first kappa shape index (κ1) is 12.8. The van der Waals surface area contributed by atoms with Crippen molar-refractivity contribution in [3.05, 3.63) is 53.6 Å². The van der Waals surface area contributed by atoms with Gasteiger partial charge >= 0.3 is 5.97 Å². The lowest BCUT2D eigenvalue weighted by molar-refractivity contribution is 0.0693. The van der Waals surface area contributed by atoms with Gasteiger partial charge in [-0.25, -0.2) is 4.79 Å². The summed E-state index contributed by atoms with van der Waals surface area (Å²) in [5.74, 6) is -0.718. The largest absolute Gasteiger partial charge is 0.496 e. The zero-order chi connectivity index (χ0) is 13.8. The summed E-state index contributed by atoms with van der Waals surface area (Å²) in [7, 11) is 1.43. The van der Waals surface area contributed by atoms with Crippen molar-refractivity contribution in [2.45, 2.75) is 0 Å². The zero-order valence-corrected chi connectivity index (χ0v) is 10.3. The van der Waals surface area contributed by atoms with Gasteiger partial charge in [-0.2, -0.15) is 0 Å². The first-order valence-electron chi connectivity index (χ1n) is 5.62. The summed E-state index contributed by atoms with van der Waals surface area (Å²) in [6.07, 6.45) is 0.776. The molecule has 0 aromatic heterocycles. The summed E-state index contributed by atoms with van der Waals surface area (Å²) in [5, 5.41) is 9.01. The van der Waals surface area contributed by atoms with Gasteiger partial charge in [-0.1, -0.05) is 30.3 Å². The molecule has 2 rings (SSSR count). The molecule has 0 heterocycles. The number of aromatic carboxylic acids is 1. The Morgan fingerprint density at radius 1 is 1.11 bits per heavy atom. The number of methoxy groups -OCH3 is 1. The SMILES string of the molecule is COc1cc(-c2ccc(C=O)cc2)ccc1C(=O)O. The Morgan fingerprint density at radius 2 is 1.74 bits per heavy atom. The lowest BCUT2D eigenvalue weighted by Crippen LogP contribution is -2.00. The van der Waals surface area contributed by atoms with E-state index in [0.29, 0.717) is 11.3 Å². The molecule has 2 aromatic carbocycles. The topological polar surface area (TPSA) is 63.6 Å². The highest BCUT2D eigenvalue weighted by atomic mass is 16.5. The van der Waals surface area contributed by atoms with Gasteiger partial charge in [-0.3, -0.25) is 4.79 Å². The Kier molecular flexibility index (Phi) is 3.61. The summed E-state index contributed by atoms with van der Waals surface area (Å²) in [6, 6.07) is 11.9. The second-order valence-corrected chi connectivity index (χ2v) is 3.96. The van der Waals surface area contributed by atoms with Crippen molar-refractivity contribution < 1.29 is 19.4 Å². The Bertz CT molecular complexity index is 615. The van der Waals surface area contributed by atoms with Crippen LogP contribution in [0.15, 0.2) is 42.5 Å². The molecule has 0 fully saturated rings. The quantitative estimate of drug-likeness (QED) is 0.854. The molecule has 0 saturated carbocycles. The highest BCUT2D eigenvalue weighted by Gasteiger charge is 2.11. The Balaban J connectivity index is 2.44. The number of carboxylic acid groups (broad SMARTS) is 1. The predicted octanol–water partition coefficient (Wildman–Crippen LogP) is 2.87. The summed E-state index contributed by atoms with van der Waals surface area (Å²) in [4.78, 5) is 21.6. The Hall–Kier alpha value is -2.62. The van der Waals surface area contributed by atoms with Crippen LogP contribution < -0.4 is 4.74 Å². The minimum absolute atomic E-state index is 0.121. The number of rotatable bonds is 4. The van der Waals surface area contributed by atoms with Crippen LogP contribution in [0.2, 0.25) is 0 Å². The van der Waals surface area contributed by atoms with Crippen molar-refractivity contribution in [2.75, 3.05) is 7.11 Å². The molecule has 0 saturated heterocycles. The molecular formula is C15H12O4. The maximum atomic E-state index is 11.0. The number of ether oxygens (including phenoxy) is 1. The molecule has 0 aliphatic carbocycles. The van der Waals surface area contributed by atoms with Crippen molar-refractivity contribution in [1.29, 1.82) is 0 Å². The molecule has 0 radical (unpaired) electrons. The van der Waals surface area contributed by atoms with Crippen LogP contribution in [0.3, 0.4) is 0 Å². The van der Waals surface area contributed by atoms with E-state index in [4.69, 9.17) is 9.84 Å². The Labute approximate surface area is 110 Å². The third-order valence-electron chi connectivity index (χ3n) is 2.81. The number of hydrogen-bond donors (Lipinski definition) is 1. The summed E-state index contributed by atoms with van der Waals surface area (Å²) in [5.41, 5.74) is 2.44. The fourth-order valence-electron chi connectivity index (χ4n) is 1.80. The molecular weight excluding hydrogens is 244 g/mol. The van der Waals surface area contributed by atoms with Gasteiger partial charge in [0, 0.05) is 5.56 Å². The number of carboxylic acids is 1. The first-order valence-corrected chi connectivity index (χ1v) is 5.62. The van der Waals surface area contributed by atoms with Crippen LogP contribution in [0.1, 0.15) is 20.7 Å². The monoisotopic (exact) mass is 256 g/mol. The van der Waals surface area contributed by atoms with Gasteiger partial charge in [0.25, 0.3) is 0 Å². The molecule has 2 aromatic rings. The zero-order valence-electron chi connectivity index (χ0n) is 10.3. The van der Waals surface area contributed by atoms with E-state index in [-0.39, 0.29) is 5.56 Å². The van der Waals surface area contributed by atoms with Crippen molar-refractivity contribution >= 4 is 12.3 Å². The van der Waals surface area contributed by atoms with Crippen LogP contribution in [0.25, 0.3) is 11.1 Å². The maximum Gasteiger partial charge on any atom is 0.339 e. The van der Waals surface area contributed by atoms with Gasteiger partial charge in [0.15, 0.2) is 0 Å². The van der Waals surface area contributed by atoms with Crippen molar-refractivity contribution in [2.24, 2.45) is 0 Å². The van der Waals surface area contributed by atoms with E-state index in [2.05, 4.69) is 0 Å². The second kappa shape index (κ2) is 5.35. The second-order valence-electron chi connectivity index (χ2n) is 3.96. The lowest BCUT2D eigenvalue weighted by Gasteiger charge is -2.08. The minimum Gasteiger partial charge on any atom is -0.496 e. The molecule has 4 heteroatoms. The normalized spacial score (nSPS) is 9.95. The molecule has 0 bridgehead atoms. The molecule has 0 aliphatic heterocycles. The van der Waals surface area contributed by atoms with Gasteiger partial charge in [0.2, 0.25) is 0 Å². The van der Waals surface area contributed by atoms with E-state index in [1.807, 2.05) is 0 Å². The summed E-state index contributed by atoms with van der Waals surface area (Å²) >= 11 is 0. The van der Waals surface area contributed by atoms with E-state index < -0.39 is 5.97 Å². The van der Waals surface area contributed by atoms with E-state index in [1.165, 1.54) is 13.2 Å². The van der Waals surface area contributed by atoms with Gasteiger partial charge < -0.3 is 9.84 Å². The fourth-order valence-corrected chi connectivity index (χ4v) is 1.80. The van der Waals surface area contributed by atoms with E-state index in [0.717, 1.165) is 17.4 Å². The van der Waals surface area contributed by atoms with E-state index in [9.17, 15) is 9.59 Å². The number of carbonyl (C=O) groups is 2. The smallest absolute Gasteiger partial charge is 0.339 e. The van der Waals surface area contributed by atoms with Crippen LogP contribution in [0.4, 0.5) is 0 Å². The molecule has 0 spiro atoms. The summed E-state index contributed by atoms with van der Waals surface area (Å²) < 4.78 is 5.08. The Morgan fingerprint density at radius 3 is 2.26 bits per heavy atom. The number of carbonyl (C=O) groups excluding carboxylic acids is 1. The van der Waals surface area contributed by atoms with E-state index >= 15 is 0 Å². The van der Waals surface area contributed by atoms with Crippen molar-refractivity contribution in [3.8, 4) is 16.9 Å². The average molecular weight is 256 g/mol. The third-order valence-corrected chi connectivity index (χ3v) is 2.81. The first-order chi connectivity index (χ1) is 9.15. The van der Waals surface area contributed by atoms with Crippen LogP contribution in [0.5, 0.6) is 5.75 Å². The van der Waals surface area contributed by atoms with Crippen LogP contribution >= 0.6 is 0 Å². The highest BCUT2D eigenvalue weighted by molar-refractivity contribution is 5.92. The van der Waals surface area contributed by atoms with Crippen LogP contribution in [-0.2, 0) is 0 Å². The molecule has 19 heavy (non-hydrogen) atoms. The molecule has 0 amide bonds. The molecule has 4 nitrogen and oxygen atoms in total. The predicted molar refractivity (Wildman–Crippen MR) is 70.8 cm³/mol. The van der Waals surface area contributed by atoms with Crippen molar-refractivity contribution in [3.63, 3.8) is 0 Å². The highest BCUT2D eigenvalue weighted by Crippen LogP contribution is 2.27. The molecule has 96 valence electrons. The van der Waals surface area contributed by atoms with Gasteiger partial charge in [-0.05, 0) is 23.3 Å². The third kappa shape index (κ3) is 2.63. The lowest BCUT2D eigenvalue weighted by atomic mass is 10.0. The van der Waals surface area contributed by atoms with Gasteiger partial charge in [0.05, 0.1) is 7.11 Å². The van der Waals surface area contributed by atoms with Gasteiger partial charge in [-0.15, -0.1) is 0 Å². The number of benzene rings is 2. The van der Waals surface area contributed by atoms with Crippen LogP contribution in [-0.4, -0.2) is 24.5 Å². The van der Waals surface area contributed by atoms with E-state index in [1.54, 1.807) is 36.4 Å². The van der Waals surface area contributed by atoms with Crippen molar-refractivity contribution in [1.82, 2.24) is 0 Å². The molecule has 0 atom stereocenters. The summed E-state index contributed by atoms with van der Waals surface area (Å²) in [6.45, 7) is 0. The minimum atomic E-state index is -1.03. The molecule has 0 unspecified atom stereocenters. The molecule has 1 N–H and O–H groups in total. The number of aldehydes is 1. The molecule has 0 aliphatic rings. The average Bonchev–Trinajstić information content (AvgIpc) is 2.46. The fraction of sp³-hybridized carbons (Fsp3) is 0.0667. The standard InChI is InChI=1S/C15H12O4/c1-19-14-8-12(6-7-13(14)15(17)18)11-4-2-10(9-16)3-5-11/h2-9H,1H3,(H,17,18).